The van der Waals surface area contributed by atoms with Crippen molar-refractivity contribution in [2.24, 2.45) is 5.92 Å². The Balaban J connectivity index is 2.51. The van der Waals surface area contributed by atoms with Crippen LogP contribution < -0.4 is 10.6 Å². The van der Waals surface area contributed by atoms with Gasteiger partial charge in [0.25, 0.3) is 0 Å². The van der Waals surface area contributed by atoms with E-state index in [2.05, 4.69) is 55.4 Å². The molecule has 0 aliphatic carbocycles. The minimum Gasteiger partial charge on any atom is -0.370 e. The molecule has 108 valence electrons. The number of aromatic nitrogens is 1. The van der Waals surface area contributed by atoms with Crippen LogP contribution in [0.4, 0.5) is 5.82 Å². The maximum absolute atomic E-state index is 4.64. The molecule has 0 aromatic carbocycles. The summed E-state index contributed by atoms with van der Waals surface area (Å²) in [7, 11) is 0. The van der Waals surface area contributed by atoms with Gasteiger partial charge in [0.05, 0.1) is 0 Å². The minimum atomic E-state index is 0.744. The Morgan fingerprint density at radius 3 is 2.47 bits per heavy atom. The van der Waals surface area contributed by atoms with Gasteiger partial charge in [0.15, 0.2) is 0 Å². The van der Waals surface area contributed by atoms with Crippen LogP contribution in [0.5, 0.6) is 0 Å². The molecule has 0 amide bonds. The first-order valence-corrected chi connectivity index (χ1v) is 7.62. The van der Waals surface area contributed by atoms with Gasteiger partial charge in [-0.05, 0) is 37.4 Å². The Hall–Kier alpha value is -1.09. The number of hydrogen-bond donors (Lipinski definition) is 2. The van der Waals surface area contributed by atoms with Gasteiger partial charge in [0.2, 0.25) is 0 Å². The van der Waals surface area contributed by atoms with Gasteiger partial charge in [-0.15, -0.1) is 0 Å². The van der Waals surface area contributed by atoms with Crippen molar-refractivity contribution in [3.63, 3.8) is 0 Å². The summed E-state index contributed by atoms with van der Waals surface area (Å²) in [6.07, 6.45) is 3.62. The van der Waals surface area contributed by atoms with Crippen molar-refractivity contribution >= 4 is 5.82 Å². The number of hydrogen-bond acceptors (Lipinski definition) is 3. The van der Waals surface area contributed by atoms with Gasteiger partial charge in [-0.3, -0.25) is 0 Å². The van der Waals surface area contributed by atoms with Crippen LogP contribution in [0.3, 0.4) is 0 Å². The van der Waals surface area contributed by atoms with E-state index in [1.807, 2.05) is 0 Å². The highest BCUT2D eigenvalue weighted by atomic mass is 15.0. The number of aryl methyl sites for hydroxylation is 1. The van der Waals surface area contributed by atoms with E-state index in [1.54, 1.807) is 0 Å². The molecule has 19 heavy (non-hydrogen) atoms. The Morgan fingerprint density at radius 1 is 1.16 bits per heavy atom. The lowest BCUT2D eigenvalue weighted by Crippen LogP contribution is -2.16. The van der Waals surface area contributed by atoms with Gasteiger partial charge in [0.1, 0.15) is 5.82 Å². The first-order chi connectivity index (χ1) is 9.21. The SMILES string of the molecule is CCCNCc1ccc(NCC(CC)CC)nc1C. The summed E-state index contributed by atoms with van der Waals surface area (Å²) in [6.45, 7) is 11.8. The van der Waals surface area contributed by atoms with Crippen molar-refractivity contribution in [1.82, 2.24) is 10.3 Å². The molecule has 0 aliphatic heterocycles. The third-order valence-electron chi connectivity index (χ3n) is 3.66. The molecule has 0 unspecified atom stereocenters. The maximum atomic E-state index is 4.64. The quantitative estimate of drug-likeness (QED) is 0.666. The highest BCUT2D eigenvalue weighted by Gasteiger charge is 2.05. The smallest absolute Gasteiger partial charge is 0.126 e. The number of anilines is 1. The number of nitrogens with zero attached hydrogens (tertiary/aromatic N) is 1. The summed E-state index contributed by atoms with van der Waals surface area (Å²) < 4.78 is 0. The molecule has 0 bridgehead atoms. The van der Waals surface area contributed by atoms with Crippen LogP contribution in [-0.4, -0.2) is 18.1 Å². The van der Waals surface area contributed by atoms with E-state index in [9.17, 15) is 0 Å². The molecular weight excluding hydrogens is 234 g/mol. The lowest BCUT2D eigenvalue weighted by atomic mass is 10.0. The first-order valence-electron chi connectivity index (χ1n) is 7.62. The molecule has 0 radical (unpaired) electrons. The summed E-state index contributed by atoms with van der Waals surface area (Å²) in [5.74, 6) is 1.75. The Morgan fingerprint density at radius 2 is 1.89 bits per heavy atom. The Bertz CT molecular complexity index is 359. The molecule has 0 atom stereocenters. The molecular formula is C16H29N3. The molecule has 3 heteroatoms. The molecule has 3 nitrogen and oxygen atoms in total. The summed E-state index contributed by atoms with van der Waals surface area (Å²) in [4.78, 5) is 4.64. The van der Waals surface area contributed by atoms with Crippen LogP contribution in [0.2, 0.25) is 0 Å². The average molecular weight is 263 g/mol. The fourth-order valence-corrected chi connectivity index (χ4v) is 2.10. The van der Waals surface area contributed by atoms with Gasteiger partial charge >= 0.3 is 0 Å². The number of rotatable bonds is 9. The number of pyridine rings is 1. The first kappa shape index (κ1) is 16.0. The van der Waals surface area contributed by atoms with Gasteiger partial charge in [0, 0.05) is 18.8 Å². The molecule has 0 fully saturated rings. The second-order valence-electron chi connectivity index (χ2n) is 5.18. The van der Waals surface area contributed by atoms with Gasteiger partial charge < -0.3 is 10.6 Å². The van der Waals surface area contributed by atoms with E-state index in [4.69, 9.17) is 0 Å². The van der Waals surface area contributed by atoms with E-state index in [1.165, 1.54) is 24.8 Å². The van der Waals surface area contributed by atoms with Crippen LogP contribution in [0.25, 0.3) is 0 Å². The van der Waals surface area contributed by atoms with Crippen molar-refractivity contribution in [3.05, 3.63) is 23.4 Å². The maximum Gasteiger partial charge on any atom is 0.126 e. The fourth-order valence-electron chi connectivity index (χ4n) is 2.10. The second kappa shape index (κ2) is 8.92. The fraction of sp³-hybridized carbons (Fsp3) is 0.688. The summed E-state index contributed by atoms with van der Waals surface area (Å²) in [6, 6.07) is 4.28. The zero-order valence-electron chi connectivity index (χ0n) is 12.9. The molecule has 2 N–H and O–H groups in total. The van der Waals surface area contributed by atoms with Crippen LogP contribution in [0.1, 0.15) is 51.3 Å². The van der Waals surface area contributed by atoms with Crippen molar-refractivity contribution in [2.75, 3.05) is 18.4 Å². The van der Waals surface area contributed by atoms with E-state index >= 15 is 0 Å². The molecule has 0 saturated heterocycles. The summed E-state index contributed by atoms with van der Waals surface area (Å²) >= 11 is 0. The van der Waals surface area contributed by atoms with E-state index in [0.29, 0.717) is 0 Å². The predicted octanol–water partition coefficient (Wildman–Crippen LogP) is 3.74. The standard InChI is InChI=1S/C16H29N3/c1-5-10-17-12-15-8-9-16(19-13(15)4)18-11-14(6-2)7-3/h8-9,14,17H,5-7,10-12H2,1-4H3,(H,18,19). The highest BCUT2D eigenvalue weighted by molar-refractivity contribution is 5.38. The van der Waals surface area contributed by atoms with Gasteiger partial charge in [-0.25, -0.2) is 4.98 Å². The van der Waals surface area contributed by atoms with E-state index in [-0.39, 0.29) is 0 Å². The topological polar surface area (TPSA) is 37.0 Å². The lowest BCUT2D eigenvalue weighted by Gasteiger charge is -2.15. The average Bonchev–Trinajstić information content (AvgIpc) is 2.42. The zero-order chi connectivity index (χ0) is 14.1. The lowest BCUT2D eigenvalue weighted by molar-refractivity contribution is 0.518. The van der Waals surface area contributed by atoms with Crippen LogP contribution in [-0.2, 0) is 6.54 Å². The second-order valence-corrected chi connectivity index (χ2v) is 5.18. The van der Waals surface area contributed by atoms with Crippen LogP contribution in [0, 0.1) is 12.8 Å². The molecule has 1 heterocycles. The van der Waals surface area contributed by atoms with Crippen LogP contribution >= 0.6 is 0 Å². The number of nitrogens with one attached hydrogen (secondary N) is 2. The molecule has 0 saturated carbocycles. The predicted molar refractivity (Wildman–Crippen MR) is 83.5 cm³/mol. The molecule has 1 aromatic heterocycles. The third kappa shape index (κ3) is 5.60. The monoisotopic (exact) mass is 263 g/mol. The Labute approximate surface area is 118 Å². The molecule has 0 spiro atoms. The van der Waals surface area contributed by atoms with Crippen LogP contribution in [0.15, 0.2) is 12.1 Å². The largest absolute Gasteiger partial charge is 0.370 e. The molecule has 1 aromatic rings. The van der Waals surface area contributed by atoms with Gasteiger partial charge in [-0.1, -0.05) is 39.7 Å². The van der Waals surface area contributed by atoms with E-state index < -0.39 is 0 Å². The van der Waals surface area contributed by atoms with Gasteiger partial charge in [-0.2, -0.15) is 0 Å². The van der Waals surface area contributed by atoms with Crippen molar-refractivity contribution in [3.8, 4) is 0 Å². The zero-order valence-corrected chi connectivity index (χ0v) is 12.9. The third-order valence-corrected chi connectivity index (χ3v) is 3.66. The normalized spacial score (nSPS) is 11.0. The van der Waals surface area contributed by atoms with Crippen molar-refractivity contribution < 1.29 is 0 Å². The van der Waals surface area contributed by atoms with Crippen molar-refractivity contribution in [1.29, 1.82) is 0 Å². The Kier molecular flexibility index (Phi) is 7.49. The highest BCUT2D eigenvalue weighted by Crippen LogP contribution is 2.13. The summed E-state index contributed by atoms with van der Waals surface area (Å²) in [5.41, 5.74) is 2.42. The minimum absolute atomic E-state index is 0.744. The van der Waals surface area contributed by atoms with Crippen molar-refractivity contribution in [2.45, 2.75) is 53.5 Å². The molecule has 1 rings (SSSR count). The van der Waals surface area contributed by atoms with E-state index in [0.717, 1.165) is 37.1 Å². The summed E-state index contributed by atoms with van der Waals surface area (Å²) in [5, 5.41) is 6.87. The molecule has 0 aliphatic rings.